The number of hydrogen-bond donors (Lipinski definition) is 0. The van der Waals surface area contributed by atoms with Crippen molar-refractivity contribution in [2.45, 2.75) is 19.6 Å². The SMILES string of the molecule is O=C(c1ccc(Cl)c(Cl)c1)N(Cc1ccccc1)Cc1cccn1Cc1ccc(F)cc1. The van der Waals surface area contributed by atoms with E-state index in [2.05, 4.69) is 4.57 Å². The molecule has 6 heteroatoms. The van der Waals surface area contributed by atoms with Crippen molar-refractivity contribution in [1.82, 2.24) is 9.47 Å². The molecule has 0 aliphatic rings. The van der Waals surface area contributed by atoms with Gasteiger partial charge in [-0.15, -0.1) is 0 Å². The molecular weight excluding hydrogens is 446 g/mol. The van der Waals surface area contributed by atoms with Crippen molar-refractivity contribution < 1.29 is 9.18 Å². The molecule has 0 saturated carbocycles. The van der Waals surface area contributed by atoms with Gasteiger partial charge >= 0.3 is 0 Å². The van der Waals surface area contributed by atoms with Crippen molar-refractivity contribution in [3.63, 3.8) is 0 Å². The molecule has 0 bridgehead atoms. The zero-order valence-corrected chi connectivity index (χ0v) is 18.7. The molecule has 0 atom stereocenters. The minimum absolute atomic E-state index is 0.137. The molecule has 0 aliphatic carbocycles. The second-order valence-corrected chi connectivity index (χ2v) is 8.34. The van der Waals surface area contributed by atoms with Crippen molar-refractivity contribution in [2.24, 2.45) is 0 Å². The van der Waals surface area contributed by atoms with Gasteiger partial charge in [-0.3, -0.25) is 4.79 Å². The zero-order chi connectivity index (χ0) is 22.5. The van der Waals surface area contributed by atoms with E-state index in [4.69, 9.17) is 23.2 Å². The summed E-state index contributed by atoms with van der Waals surface area (Å²) in [5, 5.41) is 0.753. The van der Waals surface area contributed by atoms with Crippen LogP contribution in [-0.2, 0) is 19.6 Å². The highest BCUT2D eigenvalue weighted by atomic mass is 35.5. The van der Waals surface area contributed by atoms with Crippen molar-refractivity contribution in [3.05, 3.63) is 129 Å². The van der Waals surface area contributed by atoms with Crippen molar-refractivity contribution >= 4 is 29.1 Å². The van der Waals surface area contributed by atoms with Crippen molar-refractivity contribution in [2.75, 3.05) is 0 Å². The van der Waals surface area contributed by atoms with Crippen LogP contribution in [-0.4, -0.2) is 15.4 Å². The maximum Gasteiger partial charge on any atom is 0.254 e. The quantitative estimate of drug-likeness (QED) is 0.293. The molecule has 32 heavy (non-hydrogen) atoms. The third-order valence-electron chi connectivity index (χ3n) is 5.21. The summed E-state index contributed by atoms with van der Waals surface area (Å²) >= 11 is 12.2. The van der Waals surface area contributed by atoms with Gasteiger partial charge in [0.1, 0.15) is 5.82 Å². The van der Waals surface area contributed by atoms with E-state index in [-0.39, 0.29) is 11.7 Å². The van der Waals surface area contributed by atoms with Gasteiger partial charge in [-0.25, -0.2) is 4.39 Å². The molecule has 0 radical (unpaired) electrons. The summed E-state index contributed by atoms with van der Waals surface area (Å²) in [4.78, 5) is 15.2. The van der Waals surface area contributed by atoms with Crippen LogP contribution in [0.5, 0.6) is 0 Å². The van der Waals surface area contributed by atoms with Crippen LogP contribution in [0, 0.1) is 5.82 Å². The summed E-state index contributed by atoms with van der Waals surface area (Å²) in [5.74, 6) is -0.398. The van der Waals surface area contributed by atoms with Gasteiger partial charge < -0.3 is 9.47 Å². The number of carbonyl (C=O) groups excluding carboxylic acids is 1. The molecule has 3 aromatic carbocycles. The van der Waals surface area contributed by atoms with E-state index in [1.165, 1.54) is 12.1 Å². The standard InChI is InChI=1S/C26H21Cl2FN2O/c27-24-13-10-21(15-25(24)28)26(32)31(17-19-5-2-1-3-6-19)18-23-7-4-14-30(23)16-20-8-11-22(29)12-9-20/h1-15H,16-18H2. The average molecular weight is 467 g/mol. The highest BCUT2D eigenvalue weighted by Crippen LogP contribution is 2.24. The Morgan fingerprint density at radius 2 is 1.56 bits per heavy atom. The van der Waals surface area contributed by atoms with Gasteiger partial charge in [0.2, 0.25) is 0 Å². The van der Waals surface area contributed by atoms with Gasteiger partial charge in [0.05, 0.1) is 16.6 Å². The summed E-state index contributed by atoms with van der Waals surface area (Å²) in [7, 11) is 0. The maximum absolute atomic E-state index is 13.4. The Hall–Kier alpha value is -3.08. The second-order valence-electron chi connectivity index (χ2n) is 7.53. The monoisotopic (exact) mass is 466 g/mol. The fourth-order valence-electron chi connectivity index (χ4n) is 3.54. The largest absolute Gasteiger partial charge is 0.345 e. The number of amides is 1. The first-order chi connectivity index (χ1) is 15.5. The molecule has 1 heterocycles. The minimum atomic E-state index is -0.261. The van der Waals surface area contributed by atoms with E-state index in [0.29, 0.717) is 35.2 Å². The van der Waals surface area contributed by atoms with Crippen LogP contribution < -0.4 is 0 Å². The summed E-state index contributed by atoms with van der Waals surface area (Å²) < 4.78 is 15.3. The Labute approximate surface area is 196 Å². The first-order valence-corrected chi connectivity index (χ1v) is 10.9. The first-order valence-electron chi connectivity index (χ1n) is 10.2. The van der Waals surface area contributed by atoms with Gasteiger partial charge in [-0.05, 0) is 53.6 Å². The molecular formula is C26H21Cl2FN2O. The molecule has 1 aromatic heterocycles. The second kappa shape index (κ2) is 10.0. The predicted molar refractivity (Wildman–Crippen MR) is 126 cm³/mol. The molecule has 0 aliphatic heterocycles. The first kappa shape index (κ1) is 22.1. The van der Waals surface area contributed by atoms with Gasteiger partial charge in [-0.1, -0.05) is 65.7 Å². The van der Waals surface area contributed by atoms with Crippen molar-refractivity contribution in [1.29, 1.82) is 0 Å². The highest BCUT2D eigenvalue weighted by molar-refractivity contribution is 6.42. The summed E-state index contributed by atoms with van der Waals surface area (Å²) in [6, 6.07) is 25.1. The molecule has 4 aromatic rings. The van der Waals surface area contributed by atoms with E-state index >= 15 is 0 Å². The van der Waals surface area contributed by atoms with Crippen molar-refractivity contribution in [3.8, 4) is 0 Å². The topological polar surface area (TPSA) is 25.2 Å². The van der Waals surface area contributed by atoms with E-state index in [1.54, 1.807) is 35.2 Å². The molecule has 0 spiro atoms. The predicted octanol–water partition coefficient (Wildman–Crippen LogP) is 6.82. The van der Waals surface area contributed by atoms with Gasteiger partial charge in [0, 0.05) is 30.5 Å². The van der Waals surface area contributed by atoms with Crippen LogP contribution in [0.2, 0.25) is 10.0 Å². The summed E-state index contributed by atoms with van der Waals surface area (Å²) in [5.41, 5.74) is 3.46. The smallest absolute Gasteiger partial charge is 0.254 e. The molecule has 0 saturated heterocycles. The van der Waals surface area contributed by atoms with Gasteiger partial charge in [0.25, 0.3) is 5.91 Å². The number of halogens is 3. The Balaban J connectivity index is 1.61. The van der Waals surface area contributed by atoms with Gasteiger partial charge in [-0.2, -0.15) is 0 Å². The van der Waals surface area contributed by atoms with E-state index in [0.717, 1.165) is 16.8 Å². The number of hydrogen-bond acceptors (Lipinski definition) is 1. The Bertz CT molecular complexity index is 1210. The van der Waals surface area contributed by atoms with Crippen LogP contribution >= 0.6 is 23.2 Å². The number of nitrogens with zero attached hydrogens (tertiary/aromatic N) is 2. The normalized spacial score (nSPS) is 10.8. The summed E-state index contributed by atoms with van der Waals surface area (Å²) in [6.45, 7) is 1.44. The Kier molecular flexibility index (Phi) is 6.93. The molecule has 0 fully saturated rings. The van der Waals surface area contributed by atoms with Crippen LogP contribution in [0.1, 0.15) is 27.2 Å². The Morgan fingerprint density at radius 1 is 0.812 bits per heavy atom. The molecule has 4 rings (SSSR count). The minimum Gasteiger partial charge on any atom is -0.345 e. The van der Waals surface area contributed by atoms with E-state index < -0.39 is 0 Å². The fourth-order valence-corrected chi connectivity index (χ4v) is 3.84. The molecule has 0 N–H and O–H groups in total. The number of rotatable bonds is 7. The molecule has 3 nitrogen and oxygen atoms in total. The number of benzene rings is 3. The fraction of sp³-hybridized carbons (Fsp3) is 0.115. The van der Waals surface area contributed by atoms with Crippen LogP contribution in [0.4, 0.5) is 4.39 Å². The third-order valence-corrected chi connectivity index (χ3v) is 5.95. The number of aromatic nitrogens is 1. The van der Waals surface area contributed by atoms with Crippen LogP contribution in [0.3, 0.4) is 0 Å². The Morgan fingerprint density at radius 3 is 2.28 bits per heavy atom. The molecule has 1 amide bonds. The van der Waals surface area contributed by atoms with E-state index in [1.807, 2.05) is 48.7 Å². The zero-order valence-electron chi connectivity index (χ0n) is 17.2. The van der Waals surface area contributed by atoms with Crippen LogP contribution in [0.25, 0.3) is 0 Å². The lowest BCUT2D eigenvalue weighted by molar-refractivity contribution is 0.0726. The molecule has 162 valence electrons. The summed E-state index contributed by atoms with van der Waals surface area (Å²) in [6.07, 6.45) is 1.96. The van der Waals surface area contributed by atoms with E-state index in [9.17, 15) is 9.18 Å². The number of carbonyl (C=O) groups is 1. The third kappa shape index (κ3) is 5.39. The lowest BCUT2D eigenvalue weighted by atomic mass is 10.1. The lowest BCUT2D eigenvalue weighted by Crippen LogP contribution is -2.31. The molecule has 0 unspecified atom stereocenters. The average Bonchev–Trinajstić information content (AvgIpc) is 3.23. The maximum atomic E-state index is 13.4. The van der Waals surface area contributed by atoms with Crippen LogP contribution in [0.15, 0.2) is 91.1 Å². The highest BCUT2D eigenvalue weighted by Gasteiger charge is 2.19. The van der Waals surface area contributed by atoms with Gasteiger partial charge in [0.15, 0.2) is 0 Å². The lowest BCUT2D eigenvalue weighted by Gasteiger charge is -2.24.